The van der Waals surface area contributed by atoms with E-state index in [1.54, 1.807) is 11.3 Å². The largest absolute Gasteiger partial charge is 0.327 e. The maximum Gasteiger partial charge on any atom is 0.118 e. The number of hydrogen-bond acceptors (Lipinski definition) is 2. The lowest BCUT2D eigenvalue weighted by molar-refractivity contribution is 0.0452. The molecule has 1 nitrogen and oxygen atoms in total. The average Bonchev–Trinajstić information content (AvgIpc) is 2.32. The highest BCUT2D eigenvalue weighted by molar-refractivity contribution is 9.11. The number of halogens is 2. The fourth-order valence-electron chi connectivity index (χ4n) is 1.78. The first-order valence-electron chi connectivity index (χ1n) is 4.26. The molecule has 0 amide bonds. The van der Waals surface area contributed by atoms with Crippen LogP contribution in [0.3, 0.4) is 0 Å². The van der Waals surface area contributed by atoms with Crippen LogP contribution in [0.1, 0.15) is 17.7 Å². The molecular formula is C9H11BrFNS. The minimum Gasteiger partial charge on any atom is -0.327 e. The van der Waals surface area contributed by atoms with Crippen LogP contribution in [0.2, 0.25) is 0 Å². The third-order valence-electron chi connectivity index (χ3n) is 2.38. The van der Waals surface area contributed by atoms with E-state index >= 15 is 0 Å². The molecule has 1 aromatic heterocycles. The summed E-state index contributed by atoms with van der Waals surface area (Å²) >= 11 is 4.96. The van der Waals surface area contributed by atoms with Crippen LogP contribution >= 0.6 is 27.3 Å². The molecule has 0 aliphatic heterocycles. The summed E-state index contributed by atoms with van der Waals surface area (Å²) < 4.78 is 14.8. The lowest BCUT2D eigenvalue weighted by Crippen LogP contribution is -2.49. The second-order valence-electron chi connectivity index (χ2n) is 3.70. The molecule has 0 aromatic carbocycles. The van der Waals surface area contributed by atoms with Crippen molar-refractivity contribution in [3.63, 3.8) is 0 Å². The minimum atomic E-state index is -1.02. The first-order valence-corrected chi connectivity index (χ1v) is 5.87. The van der Waals surface area contributed by atoms with Crippen LogP contribution in [0.4, 0.5) is 4.39 Å². The Balaban J connectivity index is 1.99. The number of alkyl halides is 1. The van der Waals surface area contributed by atoms with Crippen molar-refractivity contribution >= 4 is 27.3 Å². The predicted octanol–water partition coefficient (Wildman–Crippen LogP) is 2.88. The molecule has 2 rings (SSSR count). The molecule has 1 aliphatic carbocycles. The first kappa shape index (κ1) is 9.62. The highest BCUT2D eigenvalue weighted by Gasteiger charge is 2.43. The molecule has 0 atom stereocenters. The Morgan fingerprint density at radius 2 is 2.31 bits per heavy atom. The predicted molar refractivity (Wildman–Crippen MR) is 56.8 cm³/mol. The molecule has 1 saturated carbocycles. The van der Waals surface area contributed by atoms with E-state index in [0.29, 0.717) is 19.3 Å². The Bertz CT molecular complexity index is 306. The zero-order chi connectivity index (χ0) is 9.47. The summed E-state index contributed by atoms with van der Waals surface area (Å²) in [5.74, 6) is 0. The van der Waals surface area contributed by atoms with E-state index < -0.39 is 5.67 Å². The molecule has 72 valence electrons. The fraction of sp³-hybridized carbons (Fsp3) is 0.556. The van der Waals surface area contributed by atoms with E-state index in [9.17, 15) is 4.39 Å². The van der Waals surface area contributed by atoms with E-state index in [4.69, 9.17) is 5.73 Å². The normalized spacial score (nSPS) is 33.0. The van der Waals surface area contributed by atoms with Crippen molar-refractivity contribution in [3.8, 4) is 0 Å². The zero-order valence-corrected chi connectivity index (χ0v) is 9.50. The molecule has 1 aliphatic rings. The number of nitrogens with two attached hydrogens (primary N) is 1. The molecule has 0 radical (unpaired) electrons. The van der Waals surface area contributed by atoms with Gasteiger partial charge in [0.15, 0.2) is 0 Å². The highest BCUT2D eigenvalue weighted by atomic mass is 79.9. The van der Waals surface area contributed by atoms with E-state index in [2.05, 4.69) is 15.9 Å². The Kier molecular flexibility index (Phi) is 2.47. The van der Waals surface area contributed by atoms with Crippen LogP contribution in [-0.2, 0) is 6.42 Å². The molecule has 0 unspecified atom stereocenters. The first-order chi connectivity index (χ1) is 6.07. The van der Waals surface area contributed by atoms with Gasteiger partial charge in [-0.25, -0.2) is 4.39 Å². The molecule has 1 aromatic rings. The van der Waals surface area contributed by atoms with Crippen molar-refractivity contribution in [2.24, 2.45) is 5.73 Å². The summed E-state index contributed by atoms with van der Waals surface area (Å²) in [5, 5.41) is 0. The lowest BCUT2D eigenvalue weighted by atomic mass is 9.75. The van der Waals surface area contributed by atoms with E-state index in [1.165, 1.54) is 0 Å². The van der Waals surface area contributed by atoms with E-state index in [1.807, 2.05) is 12.1 Å². The topological polar surface area (TPSA) is 26.0 Å². The van der Waals surface area contributed by atoms with Crippen molar-refractivity contribution in [2.45, 2.75) is 31.0 Å². The molecule has 2 N–H and O–H groups in total. The second kappa shape index (κ2) is 3.33. The van der Waals surface area contributed by atoms with E-state index in [0.717, 1.165) is 8.66 Å². The van der Waals surface area contributed by atoms with Gasteiger partial charge in [-0.15, -0.1) is 11.3 Å². The summed E-state index contributed by atoms with van der Waals surface area (Å²) in [5.41, 5.74) is 4.54. The quantitative estimate of drug-likeness (QED) is 0.873. The van der Waals surface area contributed by atoms with Crippen molar-refractivity contribution in [3.05, 3.63) is 20.8 Å². The summed E-state index contributed by atoms with van der Waals surface area (Å²) in [4.78, 5) is 1.10. The average molecular weight is 264 g/mol. The standard InChI is InChI=1S/C9H11BrFNS/c10-8-2-1-7(13-8)5-9(11)3-6(12)4-9/h1-2,6H,3-5,12H2. The highest BCUT2D eigenvalue weighted by Crippen LogP contribution is 2.39. The van der Waals surface area contributed by atoms with Crippen LogP contribution < -0.4 is 5.73 Å². The van der Waals surface area contributed by atoms with Crippen LogP contribution in [0.15, 0.2) is 15.9 Å². The third-order valence-corrected chi connectivity index (χ3v) is 4.00. The Labute approximate surface area is 89.3 Å². The second-order valence-corrected chi connectivity index (χ2v) is 6.25. The van der Waals surface area contributed by atoms with Crippen molar-refractivity contribution < 1.29 is 4.39 Å². The third kappa shape index (κ3) is 2.11. The molecule has 1 fully saturated rings. The number of thiophene rings is 1. The van der Waals surface area contributed by atoms with Gasteiger partial charge in [-0.1, -0.05) is 0 Å². The van der Waals surface area contributed by atoms with Gasteiger partial charge in [0.2, 0.25) is 0 Å². The summed E-state index contributed by atoms with van der Waals surface area (Å²) in [7, 11) is 0. The van der Waals surface area contributed by atoms with Crippen molar-refractivity contribution in [2.75, 3.05) is 0 Å². The monoisotopic (exact) mass is 263 g/mol. The van der Waals surface area contributed by atoms with Gasteiger partial charge in [-0.05, 0) is 40.9 Å². The van der Waals surface area contributed by atoms with Gasteiger partial charge >= 0.3 is 0 Å². The lowest BCUT2D eigenvalue weighted by Gasteiger charge is -2.39. The van der Waals surface area contributed by atoms with Gasteiger partial charge in [-0.3, -0.25) is 0 Å². The fourth-order valence-corrected chi connectivity index (χ4v) is 3.39. The number of hydrogen-bond donors (Lipinski definition) is 1. The Hall–Kier alpha value is 0.0700. The molecule has 13 heavy (non-hydrogen) atoms. The van der Waals surface area contributed by atoms with Crippen LogP contribution in [-0.4, -0.2) is 11.7 Å². The molecule has 0 saturated heterocycles. The molecule has 0 spiro atoms. The molecule has 1 heterocycles. The van der Waals surface area contributed by atoms with Crippen LogP contribution in [0.5, 0.6) is 0 Å². The maximum atomic E-state index is 13.8. The number of rotatable bonds is 2. The molecule has 4 heteroatoms. The van der Waals surface area contributed by atoms with Crippen molar-refractivity contribution in [1.29, 1.82) is 0 Å². The summed E-state index contributed by atoms with van der Waals surface area (Å²) in [6.07, 6.45) is 1.56. The van der Waals surface area contributed by atoms with Gasteiger partial charge in [0.25, 0.3) is 0 Å². The minimum absolute atomic E-state index is 0.0772. The SMILES string of the molecule is NC1CC(F)(Cc2ccc(Br)s2)C1. The van der Waals surface area contributed by atoms with E-state index in [-0.39, 0.29) is 6.04 Å². The van der Waals surface area contributed by atoms with Gasteiger partial charge in [0, 0.05) is 17.3 Å². The van der Waals surface area contributed by atoms with Gasteiger partial charge < -0.3 is 5.73 Å². The Morgan fingerprint density at radius 3 is 2.77 bits per heavy atom. The zero-order valence-electron chi connectivity index (χ0n) is 7.09. The maximum absolute atomic E-state index is 13.8. The summed E-state index contributed by atoms with van der Waals surface area (Å²) in [6.45, 7) is 0. The van der Waals surface area contributed by atoms with Gasteiger partial charge in [0.1, 0.15) is 5.67 Å². The van der Waals surface area contributed by atoms with Gasteiger partial charge in [-0.2, -0.15) is 0 Å². The smallest absolute Gasteiger partial charge is 0.118 e. The van der Waals surface area contributed by atoms with Crippen LogP contribution in [0.25, 0.3) is 0 Å². The van der Waals surface area contributed by atoms with Crippen LogP contribution in [0, 0.1) is 0 Å². The molecular weight excluding hydrogens is 253 g/mol. The molecule has 0 bridgehead atoms. The summed E-state index contributed by atoms with van der Waals surface area (Å²) in [6, 6.07) is 4.01. The van der Waals surface area contributed by atoms with Gasteiger partial charge in [0.05, 0.1) is 3.79 Å². The Morgan fingerprint density at radius 1 is 1.62 bits per heavy atom. The van der Waals surface area contributed by atoms with Crippen molar-refractivity contribution in [1.82, 2.24) is 0 Å².